The van der Waals surface area contributed by atoms with Gasteiger partial charge in [-0.05, 0) is 25.9 Å². The Kier molecular flexibility index (Phi) is 3.69. The van der Waals surface area contributed by atoms with Crippen LogP contribution >= 0.6 is 0 Å². The van der Waals surface area contributed by atoms with E-state index in [0.717, 1.165) is 19.5 Å². The van der Waals surface area contributed by atoms with E-state index in [2.05, 4.69) is 11.8 Å². The van der Waals surface area contributed by atoms with Gasteiger partial charge in [-0.15, -0.1) is 0 Å². The number of piperidine rings is 1. The van der Waals surface area contributed by atoms with Crippen LogP contribution in [0.15, 0.2) is 0 Å². The molecule has 0 aromatic heterocycles. The first kappa shape index (κ1) is 10.5. The molecule has 0 saturated carbocycles. The Morgan fingerprint density at radius 3 is 2.85 bits per heavy atom. The summed E-state index contributed by atoms with van der Waals surface area (Å²) in [5, 5.41) is 9.10. The summed E-state index contributed by atoms with van der Waals surface area (Å²) in [6.45, 7) is 3.98. The monoisotopic (exact) mass is 186 g/mol. The van der Waals surface area contributed by atoms with Gasteiger partial charge in [0.15, 0.2) is 0 Å². The Labute approximate surface area is 78.7 Å². The highest BCUT2D eigenvalue weighted by atomic mass is 16.3. The summed E-state index contributed by atoms with van der Waals surface area (Å²) in [4.78, 5) is 13.1. The number of hydrogen-bond acceptors (Lipinski definition) is 3. The van der Waals surface area contributed by atoms with Crippen LogP contribution in [0.1, 0.15) is 19.8 Å². The molecule has 13 heavy (non-hydrogen) atoms. The molecule has 4 nitrogen and oxygen atoms in total. The zero-order chi connectivity index (χ0) is 9.84. The number of aliphatic hydroxyl groups is 1. The predicted octanol–water partition coefficient (Wildman–Crippen LogP) is -0.435. The van der Waals surface area contributed by atoms with Crippen LogP contribution in [0.25, 0.3) is 0 Å². The Morgan fingerprint density at radius 1 is 1.69 bits per heavy atom. The van der Waals surface area contributed by atoms with E-state index in [0.29, 0.717) is 6.42 Å². The molecule has 0 aliphatic carbocycles. The number of nitrogens with zero attached hydrogens (tertiary/aromatic N) is 1. The normalized spacial score (nSPS) is 30.3. The summed E-state index contributed by atoms with van der Waals surface area (Å²) in [5.41, 5.74) is 5.23. The van der Waals surface area contributed by atoms with Crippen LogP contribution in [0.2, 0.25) is 0 Å². The van der Waals surface area contributed by atoms with Gasteiger partial charge in [0, 0.05) is 12.0 Å². The first-order valence-corrected chi connectivity index (χ1v) is 4.83. The molecule has 0 aromatic carbocycles. The van der Waals surface area contributed by atoms with Gasteiger partial charge in [-0.3, -0.25) is 9.69 Å². The standard InChI is InChI=1S/C9H18N2O2/c1-2-11-4-3-7(9(10)13)5-8(11)6-12/h7-8,12H,2-6H2,1H3,(H2,10,13). The van der Waals surface area contributed by atoms with Crippen LogP contribution in [-0.4, -0.2) is 41.7 Å². The van der Waals surface area contributed by atoms with E-state index in [-0.39, 0.29) is 24.5 Å². The minimum atomic E-state index is -0.228. The van der Waals surface area contributed by atoms with Gasteiger partial charge < -0.3 is 10.8 Å². The first-order valence-electron chi connectivity index (χ1n) is 4.83. The highest BCUT2D eigenvalue weighted by Crippen LogP contribution is 2.21. The molecule has 1 saturated heterocycles. The maximum absolute atomic E-state index is 10.9. The lowest BCUT2D eigenvalue weighted by Gasteiger charge is -2.36. The fraction of sp³-hybridized carbons (Fsp3) is 0.889. The van der Waals surface area contributed by atoms with E-state index in [4.69, 9.17) is 10.8 Å². The van der Waals surface area contributed by atoms with Gasteiger partial charge in [-0.1, -0.05) is 6.92 Å². The summed E-state index contributed by atoms with van der Waals surface area (Å²) in [6, 6.07) is 0.122. The smallest absolute Gasteiger partial charge is 0.220 e. The third-order valence-corrected chi connectivity index (χ3v) is 2.86. The van der Waals surface area contributed by atoms with Crippen molar-refractivity contribution in [3.05, 3.63) is 0 Å². The van der Waals surface area contributed by atoms with Crippen LogP contribution in [-0.2, 0) is 4.79 Å². The topological polar surface area (TPSA) is 66.6 Å². The molecule has 1 fully saturated rings. The van der Waals surface area contributed by atoms with Crippen LogP contribution in [0.5, 0.6) is 0 Å². The van der Waals surface area contributed by atoms with E-state index in [1.54, 1.807) is 0 Å². The van der Waals surface area contributed by atoms with E-state index in [1.807, 2.05) is 0 Å². The fourth-order valence-electron chi connectivity index (χ4n) is 1.96. The fourth-order valence-corrected chi connectivity index (χ4v) is 1.96. The maximum Gasteiger partial charge on any atom is 0.220 e. The third kappa shape index (κ3) is 2.42. The zero-order valence-electron chi connectivity index (χ0n) is 8.07. The van der Waals surface area contributed by atoms with Crippen molar-refractivity contribution in [2.45, 2.75) is 25.8 Å². The van der Waals surface area contributed by atoms with Gasteiger partial charge in [0.1, 0.15) is 0 Å². The second-order valence-electron chi connectivity index (χ2n) is 3.59. The highest BCUT2D eigenvalue weighted by Gasteiger charge is 2.29. The third-order valence-electron chi connectivity index (χ3n) is 2.86. The molecule has 0 radical (unpaired) electrons. The molecule has 2 atom stereocenters. The lowest BCUT2D eigenvalue weighted by Crippen LogP contribution is -2.47. The Morgan fingerprint density at radius 2 is 2.38 bits per heavy atom. The molecule has 1 rings (SSSR count). The van der Waals surface area contributed by atoms with Crippen molar-refractivity contribution in [3.8, 4) is 0 Å². The number of primary amides is 1. The number of likely N-dealkylation sites (N-methyl/N-ethyl adjacent to an activating group) is 1. The molecule has 3 N–H and O–H groups in total. The molecule has 4 heteroatoms. The molecule has 1 aliphatic heterocycles. The molecular weight excluding hydrogens is 168 g/mol. The van der Waals surface area contributed by atoms with Gasteiger partial charge in [0.05, 0.1) is 6.61 Å². The van der Waals surface area contributed by atoms with E-state index in [9.17, 15) is 4.79 Å². The Hall–Kier alpha value is -0.610. The number of likely N-dealkylation sites (tertiary alicyclic amines) is 1. The Bertz CT molecular complexity index is 184. The van der Waals surface area contributed by atoms with Crippen molar-refractivity contribution in [1.29, 1.82) is 0 Å². The van der Waals surface area contributed by atoms with Gasteiger partial charge >= 0.3 is 0 Å². The number of carbonyl (C=O) groups is 1. The molecule has 1 heterocycles. The summed E-state index contributed by atoms with van der Waals surface area (Å²) in [6.07, 6.45) is 1.54. The van der Waals surface area contributed by atoms with Crippen LogP contribution < -0.4 is 5.73 Å². The number of carbonyl (C=O) groups excluding carboxylic acids is 1. The molecule has 0 aromatic rings. The van der Waals surface area contributed by atoms with Crippen LogP contribution in [0, 0.1) is 5.92 Å². The zero-order valence-corrected chi connectivity index (χ0v) is 8.07. The van der Waals surface area contributed by atoms with Crippen LogP contribution in [0.3, 0.4) is 0 Å². The van der Waals surface area contributed by atoms with Crippen molar-refractivity contribution in [2.75, 3.05) is 19.7 Å². The van der Waals surface area contributed by atoms with Crippen LogP contribution in [0.4, 0.5) is 0 Å². The van der Waals surface area contributed by atoms with Crippen molar-refractivity contribution in [2.24, 2.45) is 11.7 Å². The summed E-state index contributed by atoms with van der Waals surface area (Å²) < 4.78 is 0. The van der Waals surface area contributed by atoms with Crippen molar-refractivity contribution >= 4 is 5.91 Å². The van der Waals surface area contributed by atoms with Crippen molar-refractivity contribution < 1.29 is 9.90 Å². The average molecular weight is 186 g/mol. The number of rotatable bonds is 3. The van der Waals surface area contributed by atoms with Crippen molar-refractivity contribution in [3.63, 3.8) is 0 Å². The molecule has 76 valence electrons. The largest absolute Gasteiger partial charge is 0.395 e. The van der Waals surface area contributed by atoms with E-state index < -0.39 is 0 Å². The van der Waals surface area contributed by atoms with E-state index >= 15 is 0 Å². The number of aliphatic hydroxyl groups excluding tert-OH is 1. The van der Waals surface area contributed by atoms with Gasteiger partial charge in [0.25, 0.3) is 0 Å². The maximum atomic E-state index is 10.9. The number of amides is 1. The molecule has 2 unspecified atom stereocenters. The summed E-state index contributed by atoms with van der Waals surface area (Å²) >= 11 is 0. The average Bonchev–Trinajstić information content (AvgIpc) is 2.16. The highest BCUT2D eigenvalue weighted by molar-refractivity contribution is 5.76. The van der Waals surface area contributed by atoms with Crippen molar-refractivity contribution in [1.82, 2.24) is 4.90 Å². The van der Waals surface area contributed by atoms with Gasteiger partial charge in [-0.2, -0.15) is 0 Å². The molecule has 1 aliphatic rings. The molecule has 0 bridgehead atoms. The second-order valence-corrected chi connectivity index (χ2v) is 3.59. The van der Waals surface area contributed by atoms with Gasteiger partial charge in [-0.25, -0.2) is 0 Å². The molecular formula is C9H18N2O2. The Balaban J connectivity index is 2.52. The predicted molar refractivity (Wildman–Crippen MR) is 50.0 cm³/mol. The minimum absolute atomic E-state index is 0.0417. The minimum Gasteiger partial charge on any atom is -0.395 e. The van der Waals surface area contributed by atoms with E-state index in [1.165, 1.54) is 0 Å². The summed E-state index contributed by atoms with van der Waals surface area (Å²) in [7, 11) is 0. The first-order chi connectivity index (χ1) is 6.19. The molecule has 1 amide bonds. The lowest BCUT2D eigenvalue weighted by molar-refractivity contribution is -0.124. The SMILES string of the molecule is CCN1CCC(C(N)=O)CC1CO. The van der Waals surface area contributed by atoms with Gasteiger partial charge in [0.2, 0.25) is 5.91 Å². The lowest BCUT2D eigenvalue weighted by atomic mass is 9.90. The number of hydrogen-bond donors (Lipinski definition) is 2. The second kappa shape index (κ2) is 4.58. The molecule has 0 spiro atoms. The number of nitrogens with two attached hydrogens (primary N) is 1. The quantitative estimate of drug-likeness (QED) is 0.628. The summed E-state index contributed by atoms with van der Waals surface area (Å²) in [5.74, 6) is -0.269.